The van der Waals surface area contributed by atoms with Gasteiger partial charge in [0.2, 0.25) is 0 Å². The molecule has 2 aromatic rings. The highest BCUT2D eigenvalue weighted by Gasteiger charge is 2.14. The normalized spacial score (nSPS) is 10.8. The molecule has 4 heteroatoms. The first kappa shape index (κ1) is 9.02. The van der Waals surface area contributed by atoms with Crippen LogP contribution in [0.5, 0.6) is 0 Å². The van der Waals surface area contributed by atoms with Crippen LogP contribution < -0.4 is 5.73 Å². The number of aryl methyl sites for hydroxylation is 2. The molecule has 2 N–H and O–H groups in total. The Morgan fingerprint density at radius 2 is 2.21 bits per heavy atom. The van der Waals surface area contributed by atoms with Crippen LogP contribution in [0.15, 0.2) is 21.3 Å². The number of hydrogen-bond donors (Lipinski definition) is 1. The Labute approximate surface area is 81.7 Å². The summed E-state index contributed by atoms with van der Waals surface area (Å²) in [6.07, 6.45) is 1.40. The van der Waals surface area contributed by atoms with Gasteiger partial charge in [0.25, 0.3) is 0 Å². The predicted octanol–water partition coefficient (Wildman–Crippen LogP) is 2.01. The minimum atomic E-state index is 0.371. The molecule has 0 atom stereocenters. The second-order valence-electron chi connectivity index (χ2n) is 3.16. The first-order chi connectivity index (χ1) is 6.72. The minimum absolute atomic E-state index is 0.371. The summed E-state index contributed by atoms with van der Waals surface area (Å²) in [4.78, 5) is 4.03. The molecule has 0 aliphatic rings. The maximum absolute atomic E-state index is 5.54. The predicted molar refractivity (Wildman–Crippen MR) is 51.6 cm³/mol. The molecule has 0 unspecified atom stereocenters. The Morgan fingerprint density at radius 1 is 1.43 bits per heavy atom. The van der Waals surface area contributed by atoms with Gasteiger partial charge in [-0.05, 0) is 19.9 Å². The number of hydrogen-bond acceptors (Lipinski definition) is 4. The summed E-state index contributed by atoms with van der Waals surface area (Å²) < 4.78 is 10.7. The summed E-state index contributed by atoms with van der Waals surface area (Å²) in [7, 11) is 0. The van der Waals surface area contributed by atoms with E-state index in [-0.39, 0.29) is 0 Å². The van der Waals surface area contributed by atoms with Crippen molar-refractivity contribution in [1.29, 1.82) is 0 Å². The van der Waals surface area contributed by atoms with Crippen molar-refractivity contribution in [2.45, 2.75) is 20.4 Å². The first-order valence-electron chi connectivity index (χ1n) is 4.42. The summed E-state index contributed by atoms with van der Waals surface area (Å²) in [5, 5.41) is 0. The summed E-state index contributed by atoms with van der Waals surface area (Å²) in [5.74, 6) is 2.40. The zero-order valence-corrected chi connectivity index (χ0v) is 8.20. The van der Waals surface area contributed by atoms with Gasteiger partial charge in [-0.25, -0.2) is 4.98 Å². The maximum atomic E-state index is 5.54. The lowest BCUT2D eigenvalue weighted by atomic mass is 10.1. The molecule has 2 aromatic heterocycles. The Balaban J connectivity index is 2.53. The van der Waals surface area contributed by atoms with Crippen molar-refractivity contribution in [1.82, 2.24) is 4.98 Å². The Hall–Kier alpha value is -1.55. The molecule has 0 amide bonds. The van der Waals surface area contributed by atoms with Gasteiger partial charge in [0.1, 0.15) is 17.2 Å². The van der Waals surface area contributed by atoms with Crippen molar-refractivity contribution >= 4 is 0 Å². The lowest BCUT2D eigenvalue weighted by molar-refractivity contribution is 0.503. The zero-order chi connectivity index (χ0) is 10.1. The van der Waals surface area contributed by atoms with E-state index in [0.717, 1.165) is 22.8 Å². The van der Waals surface area contributed by atoms with Crippen molar-refractivity contribution in [2.24, 2.45) is 5.73 Å². The van der Waals surface area contributed by atoms with Gasteiger partial charge >= 0.3 is 0 Å². The Morgan fingerprint density at radius 3 is 2.79 bits per heavy atom. The second-order valence-corrected chi connectivity index (χ2v) is 3.16. The molecule has 0 bridgehead atoms. The number of furan rings is 1. The van der Waals surface area contributed by atoms with E-state index in [1.165, 1.54) is 6.39 Å². The second kappa shape index (κ2) is 3.31. The highest BCUT2D eigenvalue weighted by Crippen LogP contribution is 2.28. The molecule has 4 nitrogen and oxygen atoms in total. The summed E-state index contributed by atoms with van der Waals surface area (Å²) in [6.45, 7) is 4.16. The van der Waals surface area contributed by atoms with Gasteiger partial charge in [-0.3, -0.25) is 0 Å². The van der Waals surface area contributed by atoms with Crippen LogP contribution in [0.25, 0.3) is 11.3 Å². The smallest absolute Gasteiger partial charge is 0.181 e. The van der Waals surface area contributed by atoms with Crippen LogP contribution in [0.4, 0.5) is 0 Å². The van der Waals surface area contributed by atoms with Gasteiger partial charge in [-0.2, -0.15) is 0 Å². The van der Waals surface area contributed by atoms with Crippen molar-refractivity contribution in [3.05, 3.63) is 29.7 Å². The monoisotopic (exact) mass is 192 g/mol. The van der Waals surface area contributed by atoms with Crippen LogP contribution in [0.3, 0.4) is 0 Å². The van der Waals surface area contributed by atoms with E-state index in [2.05, 4.69) is 4.98 Å². The molecule has 2 heterocycles. The fraction of sp³-hybridized carbons (Fsp3) is 0.300. The van der Waals surface area contributed by atoms with E-state index in [9.17, 15) is 0 Å². The van der Waals surface area contributed by atoms with Crippen molar-refractivity contribution in [2.75, 3.05) is 0 Å². The molecule has 0 saturated heterocycles. The minimum Gasteiger partial charge on any atom is -0.466 e. The quantitative estimate of drug-likeness (QED) is 0.790. The molecule has 74 valence electrons. The molecule has 0 spiro atoms. The van der Waals surface area contributed by atoms with Crippen molar-refractivity contribution in [3.8, 4) is 11.3 Å². The Kier molecular flexibility index (Phi) is 2.13. The molecule has 0 aliphatic heterocycles. The highest BCUT2D eigenvalue weighted by molar-refractivity contribution is 5.62. The Bertz CT molecular complexity index is 443. The third-order valence-electron chi connectivity index (χ3n) is 2.12. The molecule has 2 rings (SSSR count). The molecule has 0 aromatic carbocycles. The molecule has 0 aliphatic carbocycles. The van der Waals surface area contributed by atoms with E-state index >= 15 is 0 Å². The van der Waals surface area contributed by atoms with Gasteiger partial charge < -0.3 is 14.6 Å². The number of nitrogens with zero attached hydrogens (tertiary/aromatic N) is 1. The summed E-state index contributed by atoms with van der Waals surface area (Å²) in [5.41, 5.74) is 7.23. The third-order valence-corrected chi connectivity index (χ3v) is 2.12. The molecule has 14 heavy (non-hydrogen) atoms. The molecular formula is C10H12N2O2. The van der Waals surface area contributed by atoms with Crippen molar-refractivity contribution in [3.63, 3.8) is 0 Å². The van der Waals surface area contributed by atoms with E-state index in [4.69, 9.17) is 14.6 Å². The standard InChI is InChI=1S/C10H12N2O2/c1-6-3-8(7(2)14-6)10-9(4-11)12-5-13-10/h3,5H,4,11H2,1-2H3. The highest BCUT2D eigenvalue weighted by atomic mass is 16.4. The van der Waals surface area contributed by atoms with Crippen LogP contribution in [-0.4, -0.2) is 4.98 Å². The summed E-state index contributed by atoms with van der Waals surface area (Å²) in [6, 6.07) is 1.93. The molecule has 0 radical (unpaired) electrons. The number of aromatic nitrogens is 1. The van der Waals surface area contributed by atoms with Gasteiger partial charge in [0.05, 0.1) is 5.56 Å². The number of rotatable bonds is 2. The van der Waals surface area contributed by atoms with E-state index in [1.807, 2.05) is 19.9 Å². The summed E-state index contributed by atoms with van der Waals surface area (Å²) >= 11 is 0. The molecule has 0 fully saturated rings. The van der Waals surface area contributed by atoms with Crippen LogP contribution in [-0.2, 0) is 6.54 Å². The average molecular weight is 192 g/mol. The zero-order valence-electron chi connectivity index (χ0n) is 8.20. The lowest BCUT2D eigenvalue weighted by Gasteiger charge is -1.95. The molecular weight excluding hydrogens is 180 g/mol. The van der Waals surface area contributed by atoms with Crippen LogP contribution in [0.2, 0.25) is 0 Å². The maximum Gasteiger partial charge on any atom is 0.181 e. The van der Waals surface area contributed by atoms with Crippen LogP contribution >= 0.6 is 0 Å². The fourth-order valence-electron chi connectivity index (χ4n) is 1.49. The fourth-order valence-corrected chi connectivity index (χ4v) is 1.49. The van der Waals surface area contributed by atoms with Crippen LogP contribution in [0.1, 0.15) is 17.2 Å². The molecule has 0 saturated carbocycles. The first-order valence-corrected chi connectivity index (χ1v) is 4.42. The topological polar surface area (TPSA) is 65.2 Å². The van der Waals surface area contributed by atoms with E-state index < -0.39 is 0 Å². The van der Waals surface area contributed by atoms with Crippen molar-refractivity contribution < 1.29 is 8.83 Å². The van der Waals surface area contributed by atoms with Gasteiger partial charge in [-0.15, -0.1) is 0 Å². The number of oxazole rings is 1. The SMILES string of the molecule is Cc1cc(-c2ocnc2CN)c(C)o1. The van der Waals surface area contributed by atoms with Crippen LogP contribution in [0, 0.1) is 13.8 Å². The van der Waals surface area contributed by atoms with Gasteiger partial charge in [0, 0.05) is 6.54 Å². The largest absolute Gasteiger partial charge is 0.466 e. The van der Waals surface area contributed by atoms with Gasteiger partial charge in [0.15, 0.2) is 12.2 Å². The average Bonchev–Trinajstić information content (AvgIpc) is 2.71. The lowest BCUT2D eigenvalue weighted by Crippen LogP contribution is -1.98. The third kappa shape index (κ3) is 1.33. The van der Waals surface area contributed by atoms with Gasteiger partial charge in [-0.1, -0.05) is 0 Å². The van der Waals surface area contributed by atoms with E-state index in [1.54, 1.807) is 0 Å². The van der Waals surface area contributed by atoms with E-state index in [0.29, 0.717) is 12.3 Å². The number of nitrogens with two attached hydrogens (primary N) is 1.